The summed E-state index contributed by atoms with van der Waals surface area (Å²) in [7, 11) is 0. The van der Waals surface area contributed by atoms with Crippen LogP contribution in [-0.4, -0.2) is 42.6 Å². The maximum atomic E-state index is 12.2. The lowest BCUT2D eigenvalue weighted by molar-refractivity contribution is 0.00823. The molecule has 27 heavy (non-hydrogen) atoms. The number of aliphatic imine (C=N–C) groups is 1. The van der Waals surface area contributed by atoms with Crippen molar-refractivity contribution in [3.05, 3.63) is 11.3 Å². The smallest absolute Gasteiger partial charge is 0.408 e. The third kappa shape index (κ3) is 4.84. The quantitative estimate of drug-likeness (QED) is 0.705. The number of fused-ring (bicyclic) bond motifs is 3. The first-order chi connectivity index (χ1) is 12.6. The number of hydrogen-bond donors (Lipinski definition) is 3. The van der Waals surface area contributed by atoms with Gasteiger partial charge in [-0.05, 0) is 71.6 Å². The van der Waals surface area contributed by atoms with Gasteiger partial charge in [0.05, 0.1) is 0 Å². The zero-order valence-corrected chi connectivity index (χ0v) is 17.4. The summed E-state index contributed by atoms with van der Waals surface area (Å²) in [6, 6.07) is 0. The summed E-state index contributed by atoms with van der Waals surface area (Å²) in [6.45, 7) is 10.4. The van der Waals surface area contributed by atoms with Crippen molar-refractivity contribution in [1.29, 1.82) is 0 Å². The molecule has 0 aromatic carbocycles. The highest BCUT2D eigenvalue weighted by atomic mass is 16.6. The summed E-state index contributed by atoms with van der Waals surface area (Å²) < 4.78 is 5.48. The van der Waals surface area contributed by atoms with Crippen molar-refractivity contribution in [2.24, 2.45) is 16.1 Å². The van der Waals surface area contributed by atoms with E-state index in [9.17, 15) is 4.79 Å². The zero-order chi connectivity index (χ0) is 19.7. The number of nitrogens with zero attached hydrogens (tertiary/aromatic N) is 1. The minimum absolute atomic E-state index is 0.0785. The maximum Gasteiger partial charge on any atom is 0.408 e. The average molecular weight is 377 g/mol. The number of nitrogens with two attached hydrogens (primary N) is 1. The molecular weight excluding hydrogens is 340 g/mol. The molecule has 2 bridgehead atoms. The Labute approximate surface area is 163 Å². The maximum absolute atomic E-state index is 12.2. The lowest BCUT2D eigenvalue weighted by Crippen LogP contribution is -2.58. The average Bonchev–Trinajstić information content (AvgIpc) is 2.60. The fraction of sp³-hybridized carbons (Fsp3) is 0.810. The number of hydrogen-bond acceptors (Lipinski definition) is 5. The van der Waals surface area contributed by atoms with Crippen molar-refractivity contribution < 1.29 is 9.53 Å². The Kier molecular flexibility index (Phi) is 5.57. The molecule has 6 nitrogen and oxygen atoms in total. The molecule has 4 rings (SSSR count). The monoisotopic (exact) mass is 376 g/mol. The zero-order valence-electron chi connectivity index (χ0n) is 17.4. The molecule has 0 aromatic heterocycles. The molecule has 1 aliphatic heterocycles. The van der Waals surface area contributed by atoms with Crippen LogP contribution < -0.4 is 16.4 Å². The molecule has 0 atom stereocenters. The summed E-state index contributed by atoms with van der Waals surface area (Å²) in [5, 5.41) is 6.58. The van der Waals surface area contributed by atoms with Crippen LogP contribution in [0.25, 0.3) is 0 Å². The SMILES string of the molecule is CC(N)=C1CNCCC1=NCC12CCC(NC(=O)OC(C)(C)C)(CC1)CC2. The fourth-order valence-corrected chi connectivity index (χ4v) is 4.69. The van der Waals surface area contributed by atoms with Gasteiger partial charge >= 0.3 is 6.09 Å². The van der Waals surface area contributed by atoms with Crippen molar-refractivity contribution in [3.63, 3.8) is 0 Å². The first-order valence-corrected chi connectivity index (χ1v) is 10.3. The van der Waals surface area contributed by atoms with Gasteiger partial charge in [-0.25, -0.2) is 4.79 Å². The molecule has 1 heterocycles. The van der Waals surface area contributed by atoms with Gasteiger partial charge in [-0.15, -0.1) is 0 Å². The molecule has 6 heteroatoms. The number of rotatable bonds is 3. The molecular formula is C21H36N4O2. The van der Waals surface area contributed by atoms with Crippen LogP contribution in [0.2, 0.25) is 0 Å². The van der Waals surface area contributed by atoms with Gasteiger partial charge in [0.15, 0.2) is 0 Å². The summed E-state index contributed by atoms with van der Waals surface area (Å²) in [5.74, 6) is 0. The minimum Gasteiger partial charge on any atom is -0.444 e. The molecule has 0 radical (unpaired) electrons. The molecule has 4 aliphatic rings. The molecule has 3 saturated carbocycles. The number of alkyl carbamates (subject to hydrolysis) is 1. The molecule has 3 aliphatic carbocycles. The highest BCUT2D eigenvalue weighted by Gasteiger charge is 2.49. The Morgan fingerprint density at radius 2 is 1.85 bits per heavy atom. The number of piperidine rings is 1. The summed E-state index contributed by atoms with van der Waals surface area (Å²) in [4.78, 5) is 17.3. The third-order valence-corrected chi connectivity index (χ3v) is 6.44. The predicted molar refractivity (Wildman–Crippen MR) is 109 cm³/mol. The highest BCUT2D eigenvalue weighted by molar-refractivity contribution is 6.01. The number of carbonyl (C=O) groups excluding carboxylic acids is 1. The number of nitrogens with one attached hydrogen (secondary N) is 2. The molecule has 1 amide bonds. The van der Waals surface area contributed by atoms with E-state index in [1.807, 2.05) is 27.7 Å². The van der Waals surface area contributed by atoms with Crippen LogP contribution in [0, 0.1) is 5.41 Å². The lowest BCUT2D eigenvalue weighted by Gasteiger charge is -2.53. The number of amides is 1. The number of carbonyl (C=O) groups is 1. The first-order valence-electron chi connectivity index (χ1n) is 10.3. The molecule has 0 aromatic rings. The molecule has 1 saturated heterocycles. The van der Waals surface area contributed by atoms with Gasteiger partial charge < -0.3 is 21.1 Å². The predicted octanol–water partition coefficient (Wildman–Crippen LogP) is 3.27. The van der Waals surface area contributed by atoms with Crippen LogP contribution in [-0.2, 0) is 4.74 Å². The van der Waals surface area contributed by atoms with Gasteiger partial charge in [0, 0.05) is 48.6 Å². The number of ether oxygens (including phenoxy) is 1. The van der Waals surface area contributed by atoms with Crippen LogP contribution in [0.5, 0.6) is 0 Å². The van der Waals surface area contributed by atoms with Crippen molar-refractivity contribution in [1.82, 2.24) is 10.6 Å². The lowest BCUT2D eigenvalue weighted by atomic mass is 9.57. The van der Waals surface area contributed by atoms with E-state index in [0.29, 0.717) is 5.41 Å². The van der Waals surface area contributed by atoms with Crippen LogP contribution in [0.1, 0.15) is 72.6 Å². The fourth-order valence-electron chi connectivity index (χ4n) is 4.69. The van der Waals surface area contributed by atoms with Crippen LogP contribution in [0.15, 0.2) is 16.3 Å². The standard InChI is InChI=1S/C21H36N4O2/c1-15(22)16-13-23-12-5-17(16)24-14-20-6-9-21(10-7-20,11-8-20)25-18(26)27-19(2,3)4/h23H,5-14,22H2,1-4H3,(H,25,26). The second-order valence-corrected chi connectivity index (χ2v) is 9.76. The molecule has 0 spiro atoms. The van der Waals surface area contributed by atoms with Crippen LogP contribution in [0.3, 0.4) is 0 Å². The third-order valence-electron chi connectivity index (χ3n) is 6.44. The Bertz CT molecular complexity index is 617. The summed E-state index contributed by atoms with van der Waals surface area (Å²) in [5.41, 5.74) is 9.07. The Morgan fingerprint density at radius 1 is 1.22 bits per heavy atom. The van der Waals surface area contributed by atoms with Gasteiger partial charge in [-0.3, -0.25) is 4.99 Å². The van der Waals surface area contributed by atoms with Gasteiger partial charge in [-0.2, -0.15) is 0 Å². The van der Waals surface area contributed by atoms with Gasteiger partial charge in [-0.1, -0.05) is 0 Å². The second kappa shape index (κ2) is 7.46. The molecule has 0 unspecified atom stereocenters. The summed E-state index contributed by atoms with van der Waals surface area (Å²) >= 11 is 0. The van der Waals surface area contributed by atoms with E-state index < -0.39 is 5.60 Å². The Hall–Kier alpha value is -1.56. The van der Waals surface area contributed by atoms with E-state index in [1.165, 1.54) is 11.3 Å². The van der Waals surface area contributed by atoms with Crippen LogP contribution in [0.4, 0.5) is 4.79 Å². The normalized spacial score (nSPS) is 34.4. The minimum atomic E-state index is -0.453. The van der Waals surface area contributed by atoms with Crippen LogP contribution >= 0.6 is 0 Å². The van der Waals surface area contributed by atoms with Gasteiger partial charge in [0.2, 0.25) is 0 Å². The Balaban J connectivity index is 1.60. The largest absolute Gasteiger partial charge is 0.444 e. The van der Waals surface area contributed by atoms with E-state index in [0.717, 1.165) is 70.3 Å². The van der Waals surface area contributed by atoms with E-state index in [-0.39, 0.29) is 11.6 Å². The van der Waals surface area contributed by atoms with E-state index in [4.69, 9.17) is 15.5 Å². The Morgan fingerprint density at radius 3 is 2.41 bits per heavy atom. The van der Waals surface area contributed by atoms with Crippen molar-refractivity contribution in [2.45, 2.75) is 83.8 Å². The van der Waals surface area contributed by atoms with Crippen molar-refractivity contribution in [3.8, 4) is 0 Å². The van der Waals surface area contributed by atoms with Crippen molar-refractivity contribution >= 4 is 11.8 Å². The van der Waals surface area contributed by atoms with Gasteiger partial charge in [0.1, 0.15) is 5.60 Å². The summed E-state index contributed by atoms with van der Waals surface area (Å²) in [6.07, 6.45) is 7.13. The van der Waals surface area contributed by atoms with E-state index in [2.05, 4.69) is 10.6 Å². The van der Waals surface area contributed by atoms with Crippen molar-refractivity contribution in [2.75, 3.05) is 19.6 Å². The van der Waals surface area contributed by atoms with Gasteiger partial charge in [0.25, 0.3) is 0 Å². The molecule has 4 N–H and O–H groups in total. The topological polar surface area (TPSA) is 88.7 Å². The van der Waals surface area contributed by atoms with E-state index >= 15 is 0 Å². The highest BCUT2D eigenvalue weighted by Crippen LogP contribution is 2.52. The van der Waals surface area contributed by atoms with E-state index in [1.54, 1.807) is 0 Å². The first kappa shape index (κ1) is 20.2. The molecule has 4 fully saturated rings. The number of allylic oxidation sites excluding steroid dienone is 1. The molecule has 152 valence electrons. The second-order valence-electron chi connectivity index (χ2n) is 9.76.